The molecule has 0 unspecified atom stereocenters. The predicted molar refractivity (Wildman–Crippen MR) is 54.8 cm³/mol. The molecule has 0 aliphatic heterocycles. The molecule has 0 fully saturated rings. The molecule has 90 valence electrons. The number of nitrogens with zero attached hydrogens (tertiary/aromatic N) is 1. The van der Waals surface area contributed by atoms with Gasteiger partial charge in [0.1, 0.15) is 0 Å². The molecule has 0 amide bonds. The number of nitrogens with one attached hydrogen (secondary N) is 1. The molecule has 0 radical (unpaired) electrons. The van der Waals surface area contributed by atoms with Crippen LogP contribution < -0.4 is 11.1 Å². The first kappa shape index (κ1) is 11.4. The van der Waals surface area contributed by atoms with Crippen molar-refractivity contribution in [2.45, 2.75) is 6.18 Å². The Morgan fingerprint density at radius 1 is 1.24 bits per heavy atom. The number of alkyl halides is 3. The Morgan fingerprint density at radius 2 is 1.88 bits per heavy atom. The first-order valence-electron chi connectivity index (χ1n) is 4.61. The highest BCUT2D eigenvalue weighted by Gasteiger charge is 2.30. The van der Waals surface area contributed by atoms with E-state index in [9.17, 15) is 22.8 Å². The van der Waals surface area contributed by atoms with E-state index in [0.29, 0.717) is 0 Å². The largest absolute Gasteiger partial charge is 0.416 e. The summed E-state index contributed by atoms with van der Waals surface area (Å²) < 4.78 is 38.3. The SMILES string of the molecule is Cn1c(=O)c(=O)[nH]c2cc(C(F)(F)F)ccc21. The molecule has 0 saturated heterocycles. The maximum atomic E-state index is 12.4. The second kappa shape index (κ2) is 3.47. The van der Waals surface area contributed by atoms with Crippen molar-refractivity contribution in [3.05, 3.63) is 44.5 Å². The molecule has 0 atom stereocenters. The van der Waals surface area contributed by atoms with Crippen LogP contribution >= 0.6 is 0 Å². The summed E-state index contributed by atoms with van der Waals surface area (Å²) in [5, 5.41) is 0. The number of hydrogen-bond acceptors (Lipinski definition) is 2. The van der Waals surface area contributed by atoms with Crippen LogP contribution in [0.4, 0.5) is 13.2 Å². The van der Waals surface area contributed by atoms with Crippen molar-refractivity contribution < 1.29 is 13.2 Å². The van der Waals surface area contributed by atoms with Crippen molar-refractivity contribution in [2.24, 2.45) is 7.05 Å². The molecule has 17 heavy (non-hydrogen) atoms. The topological polar surface area (TPSA) is 54.9 Å². The van der Waals surface area contributed by atoms with E-state index in [1.807, 2.05) is 0 Å². The quantitative estimate of drug-likeness (QED) is 0.709. The van der Waals surface area contributed by atoms with E-state index in [1.165, 1.54) is 7.05 Å². The molecule has 2 aromatic rings. The average molecular weight is 244 g/mol. The van der Waals surface area contributed by atoms with Crippen LogP contribution in [0.2, 0.25) is 0 Å². The third-order valence-corrected chi connectivity index (χ3v) is 2.43. The molecule has 4 nitrogen and oxygen atoms in total. The minimum atomic E-state index is -4.49. The van der Waals surface area contributed by atoms with Gasteiger partial charge in [0.25, 0.3) is 0 Å². The molecule has 2 rings (SSSR count). The zero-order chi connectivity index (χ0) is 12.8. The summed E-state index contributed by atoms with van der Waals surface area (Å²) in [6, 6.07) is 2.81. The predicted octanol–water partition coefficient (Wildman–Crippen LogP) is 1.25. The van der Waals surface area contributed by atoms with Crippen LogP contribution in [-0.4, -0.2) is 9.55 Å². The number of rotatable bonds is 0. The van der Waals surface area contributed by atoms with Crippen LogP contribution in [0.15, 0.2) is 27.8 Å². The van der Waals surface area contributed by atoms with Crippen LogP contribution in [0.1, 0.15) is 5.56 Å². The van der Waals surface area contributed by atoms with E-state index in [4.69, 9.17) is 0 Å². The molecule has 1 aromatic carbocycles. The van der Waals surface area contributed by atoms with Gasteiger partial charge in [-0.1, -0.05) is 0 Å². The lowest BCUT2D eigenvalue weighted by Crippen LogP contribution is -2.34. The van der Waals surface area contributed by atoms with E-state index in [2.05, 4.69) is 4.98 Å². The van der Waals surface area contributed by atoms with Gasteiger partial charge in [0, 0.05) is 7.05 Å². The number of fused-ring (bicyclic) bond motifs is 1. The number of halogens is 3. The van der Waals surface area contributed by atoms with Crippen molar-refractivity contribution in [3.8, 4) is 0 Å². The highest BCUT2D eigenvalue weighted by molar-refractivity contribution is 5.75. The highest BCUT2D eigenvalue weighted by atomic mass is 19.4. The molecule has 0 aliphatic rings. The Bertz CT molecular complexity index is 697. The first-order valence-corrected chi connectivity index (χ1v) is 4.61. The summed E-state index contributed by atoms with van der Waals surface area (Å²) in [6.07, 6.45) is -4.49. The zero-order valence-corrected chi connectivity index (χ0v) is 8.63. The Labute approximate surface area is 92.3 Å². The van der Waals surface area contributed by atoms with Gasteiger partial charge in [-0.15, -0.1) is 0 Å². The van der Waals surface area contributed by atoms with Crippen LogP contribution in [0, 0.1) is 0 Å². The van der Waals surface area contributed by atoms with Crippen molar-refractivity contribution >= 4 is 11.0 Å². The van der Waals surface area contributed by atoms with Gasteiger partial charge in [-0.3, -0.25) is 9.59 Å². The van der Waals surface area contributed by atoms with Gasteiger partial charge in [-0.2, -0.15) is 13.2 Å². The lowest BCUT2D eigenvalue weighted by Gasteiger charge is -2.09. The Hall–Kier alpha value is -2.05. The minimum absolute atomic E-state index is 0.0214. The van der Waals surface area contributed by atoms with E-state index in [-0.39, 0.29) is 11.0 Å². The number of aromatic nitrogens is 2. The van der Waals surface area contributed by atoms with Gasteiger partial charge in [0.05, 0.1) is 16.6 Å². The van der Waals surface area contributed by atoms with Gasteiger partial charge in [0.15, 0.2) is 0 Å². The summed E-state index contributed by atoms with van der Waals surface area (Å²) in [5.41, 5.74) is -2.41. The smallest absolute Gasteiger partial charge is 0.316 e. The first-order chi connectivity index (χ1) is 7.80. The van der Waals surface area contributed by atoms with Gasteiger partial charge >= 0.3 is 17.3 Å². The Balaban J connectivity index is 2.85. The second-order valence-corrected chi connectivity index (χ2v) is 3.55. The average Bonchev–Trinajstić information content (AvgIpc) is 2.24. The number of H-pyrrole nitrogens is 1. The Kier molecular flexibility index (Phi) is 2.34. The molecule has 1 aromatic heterocycles. The van der Waals surface area contributed by atoms with E-state index in [1.54, 1.807) is 0 Å². The summed E-state index contributed by atoms with van der Waals surface area (Å²) >= 11 is 0. The van der Waals surface area contributed by atoms with Crippen LogP contribution in [-0.2, 0) is 13.2 Å². The summed E-state index contributed by atoms with van der Waals surface area (Å²) in [4.78, 5) is 24.5. The van der Waals surface area contributed by atoms with Gasteiger partial charge < -0.3 is 9.55 Å². The molecule has 1 N–H and O–H groups in total. The maximum absolute atomic E-state index is 12.4. The summed E-state index contributed by atoms with van der Waals surface area (Å²) in [7, 11) is 1.33. The molecule has 7 heteroatoms. The van der Waals surface area contributed by atoms with Gasteiger partial charge in [-0.25, -0.2) is 0 Å². The third kappa shape index (κ3) is 1.83. The lowest BCUT2D eigenvalue weighted by atomic mass is 10.2. The Morgan fingerprint density at radius 3 is 2.47 bits per heavy atom. The molecule has 1 heterocycles. The third-order valence-electron chi connectivity index (χ3n) is 2.43. The van der Waals surface area contributed by atoms with Crippen LogP contribution in [0.3, 0.4) is 0 Å². The van der Waals surface area contributed by atoms with E-state index < -0.39 is 22.9 Å². The molecule has 0 spiro atoms. The van der Waals surface area contributed by atoms with Crippen LogP contribution in [0.5, 0.6) is 0 Å². The van der Waals surface area contributed by atoms with Crippen LogP contribution in [0.25, 0.3) is 11.0 Å². The molecule has 0 saturated carbocycles. The fraction of sp³-hybridized carbons (Fsp3) is 0.200. The number of aromatic amines is 1. The second-order valence-electron chi connectivity index (χ2n) is 3.55. The molecule has 0 bridgehead atoms. The van der Waals surface area contributed by atoms with Crippen molar-refractivity contribution in [3.63, 3.8) is 0 Å². The molecular formula is C10H7F3N2O2. The van der Waals surface area contributed by atoms with Crippen molar-refractivity contribution in [2.75, 3.05) is 0 Å². The maximum Gasteiger partial charge on any atom is 0.416 e. The fourth-order valence-electron chi connectivity index (χ4n) is 1.54. The van der Waals surface area contributed by atoms with Gasteiger partial charge in [-0.05, 0) is 18.2 Å². The summed E-state index contributed by atoms with van der Waals surface area (Å²) in [6.45, 7) is 0. The van der Waals surface area contributed by atoms with E-state index in [0.717, 1.165) is 22.8 Å². The highest BCUT2D eigenvalue weighted by Crippen LogP contribution is 2.30. The fourth-order valence-corrected chi connectivity index (χ4v) is 1.54. The van der Waals surface area contributed by atoms with Gasteiger partial charge in [0.2, 0.25) is 0 Å². The number of benzene rings is 1. The normalized spacial score (nSPS) is 12.0. The standard InChI is InChI=1S/C10H7F3N2O2/c1-15-7-3-2-5(10(11,12)13)4-6(7)14-8(16)9(15)17/h2-4H,1H3,(H,14,16). The number of aryl methyl sites for hydroxylation is 1. The van der Waals surface area contributed by atoms with E-state index >= 15 is 0 Å². The number of hydrogen-bond donors (Lipinski definition) is 1. The minimum Gasteiger partial charge on any atom is -0.316 e. The van der Waals surface area contributed by atoms with Crippen molar-refractivity contribution in [1.29, 1.82) is 0 Å². The molecular weight excluding hydrogens is 237 g/mol. The molecule has 0 aliphatic carbocycles. The zero-order valence-electron chi connectivity index (χ0n) is 8.63. The summed E-state index contributed by atoms with van der Waals surface area (Å²) in [5.74, 6) is 0. The lowest BCUT2D eigenvalue weighted by molar-refractivity contribution is -0.137. The van der Waals surface area contributed by atoms with Crippen molar-refractivity contribution in [1.82, 2.24) is 9.55 Å². The monoisotopic (exact) mass is 244 g/mol.